The van der Waals surface area contributed by atoms with Crippen LogP contribution in [0.25, 0.3) is 0 Å². The minimum Gasteiger partial charge on any atom is -0.497 e. The zero-order chi connectivity index (χ0) is 18.6. The number of rotatable bonds is 5. The van der Waals surface area contributed by atoms with E-state index >= 15 is 0 Å². The molecule has 1 atom stereocenters. The second kappa shape index (κ2) is 8.15. The second-order valence-corrected chi connectivity index (χ2v) is 7.12. The third-order valence-electron chi connectivity index (χ3n) is 5.22. The Kier molecular flexibility index (Phi) is 5.45. The summed E-state index contributed by atoms with van der Waals surface area (Å²) in [6.45, 7) is 3.29. The van der Waals surface area contributed by atoms with Crippen LogP contribution < -0.4 is 9.64 Å². The van der Waals surface area contributed by atoms with E-state index in [9.17, 15) is 4.79 Å². The van der Waals surface area contributed by atoms with Gasteiger partial charge in [0.25, 0.3) is 0 Å². The molecular formula is C21H26N2O4. The number of piperazine rings is 1. The normalized spacial score (nSPS) is 21.4. The molecule has 1 aromatic heterocycles. The molecule has 144 valence electrons. The van der Waals surface area contributed by atoms with Gasteiger partial charge < -0.3 is 18.8 Å². The van der Waals surface area contributed by atoms with Gasteiger partial charge >= 0.3 is 0 Å². The maximum Gasteiger partial charge on any atom is 0.241 e. The van der Waals surface area contributed by atoms with Crippen LogP contribution in [0, 0.1) is 0 Å². The molecule has 0 radical (unpaired) electrons. The minimum atomic E-state index is 0.0824. The highest BCUT2D eigenvalue weighted by Crippen LogP contribution is 2.29. The van der Waals surface area contributed by atoms with E-state index in [0.29, 0.717) is 19.6 Å². The summed E-state index contributed by atoms with van der Waals surface area (Å²) >= 11 is 0. The van der Waals surface area contributed by atoms with Crippen molar-refractivity contribution in [2.24, 2.45) is 0 Å². The first-order chi connectivity index (χ1) is 13.2. The lowest BCUT2D eigenvalue weighted by atomic mass is 10.1. The molecule has 3 heterocycles. The van der Waals surface area contributed by atoms with Gasteiger partial charge in [-0.3, -0.25) is 9.69 Å². The average molecular weight is 370 g/mol. The van der Waals surface area contributed by atoms with Crippen molar-refractivity contribution in [3.8, 4) is 5.75 Å². The first-order valence-corrected chi connectivity index (χ1v) is 9.60. The molecule has 0 N–H and O–H groups in total. The number of benzene rings is 1. The van der Waals surface area contributed by atoms with Crippen molar-refractivity contribution in [1.82, 2.24) is 4.90 Å². The summed E-state index contributed by atoms with van der Waals surface area (Å²) in [7, 11) is 1.63. The molecule has 0 bridgehead atoms. The number of amides is 1. The van der Waals surface area contributed by atoms with Gasteiger partial charge in [-0.1, -0.05) is 6.07 Å². The van der Waals surface area contributed by atoms with Gasteiger partial charge in [0, 0.05) is 31.5 Å². The molecule has 27 heavy (non-hydrogen) atoms. The molecule has 2 aromatic rings. The molecule has 0 saturated carbocycles. The molecule has 0 spiro atoms. The van der Waals surface area contributed by atoms with Crippen molar-refractivity contribution in [2.45, 2.75) is 31.9 Å². The molecule has 0 unspecified atom stereocenters. The monoisotopic (exact) mass is 370 g/mol. The van der Waals surface area contributed by atoms with E-state index in [1.54, 1.807) is 7.11 Å². The summed E-state index contributed by atoms with van der Waals surface area (Å²) in [6, 6.07) is 11.7. The third kappa shape index (κ3) is 4.17. The van der Waals surface area contributed by atoms with Crippen LogP contribution in [0.1, 0.15) is 36.9 Å². The van der Waals surface area contributed by atoms with Crippen molar-refractivity contribution in [3.63, 3.8) is 0 Å². The summed E-state index contributed by atoms with van der Waals surface area (Å²) in [4.78, 5) is 16.6. The van der Waals surface area contributed by atoms with Gasteiger partial charge in [0.1, 0.15) is 23.4 Å². The highest BCUT2D eigenvalue weighted by Gasteiger charge is 2.26. The molecule has 2 saturated heterocycles. The summed E-state index contributed by atoms with van der Waals surface area (Å²) in [5, 5.41) is 0. The van der Waals surface area contributed by atoms with Gasteiger partial charge in [0.15, 0.2) is 0 Å². The predicted octanol–water partition coefficient (Wildman–Crippen LogP) is 3.38. The molecule has 6 heteroatoms. The second-order valence-electron chi connectivity index (χ2n) is 7.12. The number of anilines is 1. The quantitative estimate of drug-likeness (QED) is 0.808. The minimum absolute atomic E-state index is 0.0824. The predicted molar refractivity (Wildman–Crippen MR) is 102 cm³/mol. The largest absolute Gasteiger partial charge is 0.497 e. The highest BCUT2D eigenvalue weighted by molar-refractivity contribution is 5.95. The van der Waals surface area contributed by atoms with Crippen LogP contribution in [0.15, 0.2) is 40.8 Å². The van der Waals surface area contributed by atoms with Crippen LogP contribution in [0.2, 0.25) is 0 Å². The van der Waals surface area contributed by atoms with Crippen LogP contribution in [0.4, 0.5) is 5.69 Å². The smallest absolute Gasteiger partial charge is 0.241 e. The van der Waals surface area contributed by atoms with Crippen LogP contribution in [0.5, 0.6) is 5.75 Å². The van der Waals surface area contributed by atoms with Crippen LogP contribution in [-0.2, 0) is 16.1 Å². The van der Waals surface area contributed by atoms with E-state index in [1.807, 2.05) is 41.3 Å². The summed E-state index contributed by atoms with van der Waals surface area (Å²) < 4.78 is 17.0. The van der Waals surface area contributed by atoms with E-state index in [0.717, 1.165) is 49.0 Å². The topological polar surface area (TPSA) is 55.1 Å². The first kappa shape index (κ1) is 18.1. The van der Waals surface area contributed by atoms with Gasteiger partial charge in [0.05, 0.1) is 20.2 Å². The Morgan fingerprint density at radius 2 is 2.11 bits per heavy atom. The van der Waals surface area contributed by atoms with E-state index in [4.69, 9.17) is 13.9 Å². The van der Waals surface area contributed by atoms with Gasteiger partial charge in [-0.25, -0.2) is 0 Å². The summed E-state index contributed by atoms with van der Waals surface area (Å²) in [5.74, 6) is 2.65. The Morgan fingerprint density at radius 3 is 2.89 bits per heavy atom. The number of hydrogen-bond acceptors (Lipinski definition) is 5. The number of ether oxygens (including phenoxy) is 2. The van der Waals surface area contributed by atoms with E-state index in [1.165, 1.54) is 6.42 Å². The fraction of sp³-hybridized carbons (Fsp3) is 0.476. The van der Waals surface area contributed by atoms with E-state index in [-0.39, 0.29) is 12.0 Å². The molecule has 4 rings (SSSR count). The zero-order valence-corrected chi connectivity index (χ0v) is 15.7. The van der Waals surface area contributed by atoms with Gasteiger partial charge in [-0.2, -0.15) is 0 Å². The number of methoxy groups -OCH3 is 1. The van der Waals surface area contributed by atoms with E-state index < -0.39 is 0 Å². The number of hydrogen-bond donors (Lipinski definition) is 0. The number of furan rings is 1. The Morgan fingerprint density at radius 1 is 1.19 bits per heavy atom. The Bertz CT molecular complexity index is 782. The van der Waals surface area contributed by atoms with Crippen molar-refractivity contribution in [2.75, 3.05) is 38.3 Å². The lowest BCUT2D eigenvalue weighted by Crippen LogP contribution is -2.50. The molecule has 1 aromatic carbocycles. The summed E-state index contributed by atoms with van der Waals surface area (Å²) in [5.41, 5.74) is 0.883. The average Bonchev–Trinajstić information content (AvgIpc) is 3.17. The van der Waals surface area contributed by atoms with Crippen molar-refractivity contribution >= 4 is 11.6 Å². The lowest BCUT2D eigenvalue weighted by Gasteiger charge is -2.34. The number of carbonyl (C=O) groups is 1. The van der Waals surface area contributed by atoms with Crippen molar-refractivity contribution in [3.05, 3.63) is 47.9 Å². The lowest BCUT2D eigenvalue weighted by molar-refractivity contribution is -0.121. The van der Waals surface area contributed by atoms with Crippen LogP contribution >= 0.6 is 0 Å². The van der Waals surface area contributed by atoms with Crippen LogP contribution in [0.3, 0.4) is 0 Å². The Hall–Kier alpha value is -2.31. The highest BCUT2D eigenvalue weighted by atomic mass is 16.5. The molecule has 2 aliphatic heterocycles. The maximum atomic E-state index is 12.6. The third-order valence-corrected chi connectivity index (χ3v) is 5.22. The fourth-order valence-electron chi connectivity index (χ4n) is 3.75. The molecule has 0 aliphatic carbocycles. The van der Waals surface area contributed by atoms with Gasteiger partial charge in [-0.15, -0.1) is 0 Å². The molecule has 6 nitrogen and oxygen atoms in total. The van der Waals surface area contributed by atoms with Gasteiger partial charge in [0.2, 0.25) is 5.91 Å². The standard InChI is InChI=1S/C21H26N2O4/c1-25-17-6-4-5-16(13-17)23-11-10-22(15-21(23)24)14-18-8-9-20(27-18)19-7-2-3-12-26-19/h4-6,8-9,13,19H,2-3,7,10-12,14-15H2,1H3/t19-/m0/s1. The van der Waals surface area contributed by atoms with Crippen molar-refractivity contribution in [1.29, 1.82) is 0 Å². The van der Waals surface area contributed by atoms with Crippen molar-refractivity contribution < 1.29 is 18.7 Å². The number of nitrogens with zero attached hydrogens (tertiary/aromatic N) is 2. The number of carbonyl (C=O) groups excluding carboxylic acids is 1. The van der Waals surface area contributed by atoms with Crippen LogP contribution in [-0.4, -0.2) is 44.2 Å². The fourth-order valence-corrected chi connectivity index (χ4v) is 3.75. The Balaban J connectivity index is 1.36. The molecule has 2 aliphatic rings. The molecular weight excluding hydrogens is 344 g/mol. The van der Waals surface area contributed by atoms with Gasteiger partial charge in [-0.05, 0) is 43.5 Å². The van der Waals surface area contributed by atoms with E-state index in [2.05, 4.69) is 4.90 Å². The Labute approximate surface area is 159 Å². The maximum absolute atomic E-state index is 12.6. The molecule has 1 amide bonds. The SMILES string of the molecule is COc1cccc(N2CCN(Cc3ccc([C@@H]4CCCCO4)o3)CC2=O)c1. The molecule has 2 fully saturated rings. The zero-order valence-electron chi connectivity index (χ0n) is 15.7. The first-order valence-electron chi connectivity index (χ1n) is 9.60. The summed E-state index contributed by atoms with van der Waals surface area (Å²) in [6.07, 6.45) is 3.41.